The van der Waals surface area contributed by atoms with Crippen LogP contribution in [-0.4, -0.2) is 44.0 Å². The van der Waals surface area contributed by atoms with Crippen molar-refractivity contribution in [3.05, 3.63) is 35.0 Å². The smallest absolute Gasteiger partial charge is 0.356 e. The molecule has 2 aromatic rings. The summed E-state index contributed by atoms with van der Waals surface area (Å²) in [5.41, 5.74) is 2.16. The molecular formula is C15H20N4O3. The summed E-state index contributed by atoms with van der Waals surface area (Å²) < 4.78 is 6.97. The van der Waals surface area contributed by atoms with E-state index in [1.54, 1.807) is 6.20 Å². The molecule has 2 aromatic heterocycles. The van der Waals surface area contributed by atoms with Crippen molar-refractivity contribution >= 4 is 5.97 Å². The van der Waals surface area contributed by atoms with Gasteiger partial charge in [0.15, 0.2) is 11.5 Å². The van der Waals surface area contributed by atoms with E-state index in [2.05, 4.69) is 15.2 Å². The van der Waals surface area contributed by atoms with Crippen LogP contribution in [0.25, 0.3) is 0 Å². The van der Waals surface area contributed by atoms with Gasteiger partial charge in [-0.15, -0.1) is 0 Å². The Balaban J connectivity index is 1.80. The van der Waals surface area contributed by atoms with Gasteiger partial charge in [0.25, 0.3) is 0 Å². The summed E-state index contributed by atoms with van der Waals surface area (Å²) in [6, 6.07) is 2.13. The molecule has 0 saturated carbocycles. The quantitative estimate of drug-likeness (QED) is 0.902. The van der Waals surface area contributed by atoms with E-state index < -0.39 is 5.97 Å². The maximum atomic E-state index is 11.4. The van der Waals surface area contributed by atoms with Crippen molar-refractivity contribution < 1.29 is 14.4 Å². The first kappa shape index (κ1) is 14.8. The highest BCUT2D eigenvalue weighted by Gasteiger charge is 2.30. The predicted molar refractivity (Wildman–Crippen MR) is 78.6 cm³/mol. The number of rotatable bonds is 5. The summed E-state index contributed by atoms with van der Waals surface area (Å²) in [6.07, 6.45) is 4.19. The SMILES string of the molecule is CCn1nc(C(=O)O)c2c1CCC(N(C)Cc1ccno1)C2. The molecule has 0 fully saturated rings. The van der Waals surface area contributed by atoms with Gasteiger partial charge >= 0.3 is 5.97 Å². The van der Waals surface area contributed by atoms with Crippen molar-refractivity contribution in [3.63, 3.8) is 0 Å². The van der Waals surface area contributed by atoms with E-state index in [1.165, 1.54) is 0 Å². The van der Waals surface area contributed by atoms with Crippen LogP contribution in [0.4, 0.5) is 0 Å². The number of hydrogen-bond acceptors (Lipinski definition) is 5. The van der Waals surface area contributed by atoms with Crippen LogP contribution in [0.5, 0.6) is 0 Å². The van der Waals surface area contributed by atoms with E-state index in [4.69, 9.17) is 4.52 Å². The summed E-state index contributed by atoms with van der Waals surface area (Å²) in [7, 11) is 2.03. The topological polar surface area (TPSA) is 84.4 Å². The van der Waals surface area contributed by atoms with Gasteiger partial charge in [-0.3, -0.25) is 9.58 Å². The molecule has 0 aromatic carbocycles. The Morgan fingerprint density at radius 3 is 3.05 bits per heavy atom. The first-order chi connectivity index (χ1) is 10.6. The van der Waals surface area contributed by atoms with E-state index in [9.17, 15) is 9.90 Å². The van der Waals surface area contributed by atoms with Crippen molar-refractivity contribution in [2.45, 2.75) is 45.3 Å². The summed E-state index contributed by atoms with van der Waals surface area (Å²) in [5.74, 6) is -0.127. The third-order valence-electron chi connectivity index (χ3n) is 4.34. The summed E-state index contributed by atoms with van der Waals surface area (Å²) in [5, 5.41) is 17.3. The van der Waals surface area contributed by atoms with Gasteiger partial charge in [0.1, 0.15) is 0 Å². The van der Waals surface area contributed by atoms with Crippen molar-refractivity contribution in [1.29, 1.82) is 0 Å². The largest absolute Gasteiger partial charge is 0.476 e. The van der Waals surface area contributed by atoms with Crippen molar-refractivity contribution in [3.8, 4) is 0 Å². The highest BCUT2D eigenvalue weighted by molar-refractivity contribution is 5.87. The van der Waals surface area contributed by atoms with Crippen molar-refractivity contribution in [1.82, 2.24) is 19.8 Å². The molecule has 0 aliphatic heterocycles. The number of carboxylic acids is 1. The summed E-state index contributed by atoms with van der Waals surface area (Å²) in [4.78, 5) is 13.6. The van der Waals surface area contributed by atoms with Gasteiger partial charge < -0.3 is 9.63 Å². The highest BCUT2D eigenvalue weighted by atomic mass is 16.5. The van der Waals surface area contributed by atoms with Gasteiger partial charge in [-0.05, 0) is 33.2 Å². The van der Waals surface area contributed by atoms with Crippen LogP contribution in [0.2, 0.25) is 0 Å². The molecule has 1 unspecified atom stereocenters. The van der Waals surface area contributed by atoms with E-state index in [0.29, 0.717) is 19.5 Å². The minimum atomic E-state index is -0.943. The number of hydrogen-bond donors (Lipinski definition) is 1. The zero-order chi connectivity index (χ0) is 15.7. The Hall–Kier alpha value is -2.15. The number of likely N-dealkylation sites (N-methyl/N-ethyl adjacent to an activating group) is 1. The lowest BCUT2D eigenvalue weighted by molar-refractivity contribution is 0.0687. The van der Waals surface area contributed by atoms with Crippen LogP contribution in [0, 0.1) is 0 Å². The Kier molecular flexibility index (Phi) is 3.98. The number of carbonyl (C=O) groups is 1. The molecule has 2 heterocycles. The second-order valence-electron chi connectivity index (χ2n) is 5.69. The Bertz CT molecular complexity index is 663. The lowest BCUT2D eigenvalue weighted by Crippen LogP contribution is -2.36. The fourth-order valence-electron chi connectivity index (χ4n) is 3.18. The third kappa shape index (κ3) is 2.64. The number of carboxylic acid groups (broad SMARTS) is 1. The standard InChI is InChI=1S/C15H20N4O3/c1-3-19-13-5-4-10(8-12(13)14(17-19)15(20)21)18(2)9-11-6-7-16-22-11/h6-7,10H,3-5,8-9H2,1-2H3,(H,20,21). The second-order valence-corrected chi connectivity index (χ2v) is 5.69. The number of aromatic carboxylic acids is 1. The average Bonchev–Trinajstić information content (AvgIpc) is 3.13. The molecule has 22 heavy (non-hydrogen) atoms. The zero-order valence-corrected chi connectivity index (χ0v) is 12.8. The minimum Gasteiger partial charge on any atom is -0.476 e. The van der Waals surface area contributed by atoms with Crippen LogP contribution in [0.1, 0.15) is 40.9 Å². The molecule has 1 aliphatic carbocycles. The molecule has 0 spiro atoms. The Morgan fingerprint density at radius 2 is 2.41 bits per heavy atom. The molecule has 7 heteroatoms. The monoisotopic (exact) mass is 304 g/mol. The predicted octanol–water partition coefficient (Wildman–Crippen LogP) is 1.58. The normalized spacial score (nSPS) is 17.7. The van der Waals surface area contributed by atoms with E-state index in [-0.39, 0.29) is 11.7 Å². The molecule has 1 atom stereocenters. The molecule has 1 aliphatic rings. The van der Waals surface area contributed by atoms with Gasteiger partial charge in [0.2, 0.25) is 0 Å². The number of nitrogens with zero attached hydrogens (tertiary/aromatic N) is 4. The van der Waals surface area contributed by atoms with Gasteiger partial charge in [0.05, 0.1) is 12.7 Å². The van der Waals surface area contributed by atoms with Gasteiger partial charge in [0, 0.05) is 29.9 Å². The molecule has 3 rings (SSSR count). The maximum absolute atomic E-state index is 11.4. The first-order valence-corrected chi connectivity index (χ1v) is 7.51. The fraction of sp³-hybridized carbons (Fsp3) is 0.533. The highest BCUT2D eigenvalue weighted by Crippen LogP contribution is 2.27. The lowest BCUT2D eigenvalue weighted by Gasteiger charge is -2.30. The van der Waals surface area contributed by atoms with E-state index >= 15 is 0 Å². The van der Waals surface area contributed by atoms with Crippen LogP contribution >= 0.6 is 0 Å². The molecule has 0 bridgehead atoms. The van der Waals surface area contributed by atoms with Crippen LogP contribution < -0.4 is 0 Å². The van der Waals surface area contributed by atoms with Gasteiger partial charge in [-0.2, -0.15) is 5.10 Å². The lowest BCUT2D eigenvalue weighted by atomic mass is 9.90. The maximum Gasteiger partial charge on any atom is 0.356 e. The fourth-order valence-corrected chi connectivity index (χ4v) is 3.18. The van der Waals surface area contributed by atoms with Crippen LogP contribution in [0.15, 0.2) is 16.8 Å². The minimum absolute atomic E-state index is 0.203. The van der Waals surface area contributed by atoms with E-state index in [1.807, 2.05) is 24.7 Å². The van der Waals surface area contributed by atoms with Crippen molar-refractivity contribution in [2.24, 2.45) is 0 Å². The Labute approximate surface area is 128 Å². The molecule has 7 nitrogen and oxygen atoms in total. The summed E-state index contributed by atoms with van der Waals surface area (Å²) in [6.45, 7) is 3.36. The number of aromatic nitrogens is 3. The Morgan fingerprint density at radius 1 is 1.59 bits per heavy atom. The zero-order valence-electron chi connectivity index (χ0n) is 12.8. The molecule has 118 valence electrons. The van der Waals surface area contributed by atoms with E-state index in [0.717, 1.165) is 29.9 Å². The van der Waals surface area contributed by atoms with Gasteiger partial charge in [-0.1, -0.05) is 5.16 Å². The van der Waals surface area contributed by atoms with Crippen molar-refractivity contribution in [2.75, 3.05) is 7.05 Å². The third-order valence-corrected chi connectivity index (χ3v) is 4.34. The van der Waals surface area contributed by atoms with Gasteiger partial charge in [-0.25, -0.2) is 4.79 Å². The van der Waals surface area contributed by atoms with Crippen LogP contribution in [-0.2, 0) is 25.9 Å². The molecular weight excluding hydrogens is 284 g/mol. The number of fused-ring (bicyclic) bond motifs is 1. The molecule has 1 N–H and O–H groups in total. The molecule has 0 amide bonds. The first-order valence-electron chi connectivity index (χ1n) is 7.51. The summed E-state index contributed by atoms with van der Waals surface area (Å²) >= 11 is 0. The number of aryl methyl sites for hydroxylation is 1. The van der Waals surface area contributed by atoms with Crippen LogP contribution in [0.3, 0.4) is 0 Å². The average molecular weight is 304 g/mol. The molecule has 0 radical (unpaired) electrons. The second kappa shape index (κ2) is 5.92. The molecule has 0 saturated heterocycles.